The Labute approximate surface area is 92.5 Å². The van der Waals surface area contributed by atoms with Crippen molar-refractivity contribution in [1.29, 1.82) is 0 Å². The fraction of sp³-hybridized carbons (Fsp3) is 0.455. The molecule has 3 heterocycles. The van der Waals surface area contributed by atoms with Crippen LogP contribution in [0.2, 0.25) is 0 Å². The predicted molar refractivity (Wildman–Crippen MR) is 60.7 cm³/mol. The number of aromatic nitrogens is 3. The summed E-state index contributed by atoms with van der Waals surface area (Å²) in [6, 6.07) is 3.88. The van der Waals surface area contributed by atoms with E-state index in [-0.39, 0.29) is 5.69 Å². The molecule has 1 aliphatic heterocycles. The van der Waals surface area contributed by atoms with Gasteiger partial charge in [0.15, 0.2) is 0 Å². The Bertz CT molecular complexity index is 550. The van der Waals surface area contributed by atoms with Crippen LogP contribution in [0.5, 0.6) is 0 Å². The quantitative estimate of drug-likeness (QED) is 0.732. The fourth-order valence-corrected chi connectivity index (χ4v) is 2.30. The number of H-pyrrole nitrogens is 1. The van der Waals surface area contributed by atoms with Crippen LogP contribution < -0.4 is 11.0 Å². The standard InChI is InChI=1S/C11H14N4O/c16-11-14-10(8-2-1-4-12-7-8)6-9-3-5-13-15(9)11/h3,5-6,8,12H,1-2,4,7H2,(H,14,16). The molecule has 2 aromatic rings. The third-order valence-corrected chi connectivity index (χ3v) is 3.16. The maximum Gasteiger partial charge on any atom is 0.346 e. The van der Waals surface area contributed by atoms with Crippen molar-refractivity contribution < 1.29 is 0 Å². The second-order valence-electron chi connectivity index (χ2n) is 4.24. The number of fused-ring (bicyclic) bond motifs is 1. The molecular weight excluding hydrogens is 204 g/mol. The lowest BCUT2D eigenvalue weighted by Crippen LogP contribution is -2.30. The molecule has 0 aromatic carbocycles. The van der Waals surface area contributed by atoms with Crippen molar-refractivity contribution in [3.8, 4) is 0 Å². The molecule has 1 aliphatic rings. The van der Waals surface area contributed by atoms with E-state index >= 15 is 0 Å². The van der Waals surface area contributed by atoms with Crippen molar-refractivity contribution in [1.82, 2.24) is 19.9 Å². The van der Waals surface area contributed by atoms with Crippen LogP contribution in [0.15, 0.2) is 23.1 Å². The van der Waals surface area contributed by atoms with Crippen LogP contribution in [-0.2, 0) is 0 Å². The van der Waals surface area contributed by atoms with Gasteiger partial charge in [-0.05, 0) is 31.5 Å². The largest absolute Gasteiger partial charge is 0.346 e. The van der Waals surface area contributed by atoms with Crippen LogP contribution in [0, 0.1) is 0 Å². The maximum atomic E-state index is 11.7. The first-order valence-electron chi connectivity index (χ1n) is 5.62. The Kier molecular flexibility index (Phi) is 2.25. The molecule has 2 aromatic heterocycles. The molecule has 0 saturated carbocycles. The third kappa shape index (κ3) is 1.53. The Hall–Kier alpha value is -1.62. The topological polar surface area (TPSA) is 62.2 Å². The normalized spacial score (nSPS) is 21.4. The lowest BCUT2D eigenvalue weighted by molar-refractivity contribution is 0.453. The number of hydrogen-bond donors (Lipinski definition) is 2. The van der Waals surface area contributed by atoms with Gasteiger partial charge in [-0.1, -0.05) is 0 Å². The maximum absolute atomic E-state index is 11.7. The van der Waals surface area contributed by atoms with E-state index in [4.69, 9.17) is 0 Å². The van der Waals surface area contributed by atoms with Crippen LogP contribution in [0.3, 0.4) is 0 Å². The van der Waals surface area contributed by atoms with E-state index in [0.29, 0.717) is 5.92 Å². The molecule has 5 heteroatoms. The van der Waals surface area contributed by atoms with Gasteiger partial charge in [-0.25, -0.2) is 4.79 Å². The molecule has 0 spiro atoms. The summed E-state index contributed by atoms with van der Waals surface area (Å²) in [6.07, 6.45) is 3.94. The van der Waals surface area contributed by atoms with E-state index < -0.39 is 0 Å². The van der Waals surface area contributed by atoms with Crippen LogP contribution in [0.1, 0.15) is 24.5 Å². The average Bonchev–Trinajstić information content (AvgIpc) is 2.79. The van der Waals surface area contributed by atoms with Crippen molar-refractivity contribution in [3.63, 3.8) is 0 Å². The lowest BCUT2D eigenvalue weighted by Gasteiger charge is -2.22. The van der Waals surface area contributed by atoms with E-state index in [2.05, 4.69) is 15.4 Å². The smallest absolute Gasteiger partial charge is 0.316 e. The summed E-state index contributed by atoms with van der Waals surface area (Å²) in [5.41, 5.74) is 1.73. The molecule has 1 saturated heterocycles. The first-order valence-corrected chi connectivity index (χ1v) is 5.62. The highest BCUT2D eigenvalue weighted by Gasteiger charge is 2.16. The minimum atomic E-state index is -0.150. The van der Waals surface area contributed by atoms with E-state index in [0.717, 1.165) is 37.1 Å². The van der Waals surface area contributed by atoms with Gasteiger partial charge in [-0.2, -0.15) is 9.61 Å². The monoisotopic (exact) mass is 218 g/mol. The van der Waals surface area contributed by atoms with Gasteiger partial charge in [0.05, 0.1) is 11.7 Å². The van der Waals surface area contributed by atoms with E-state index in [9.17, 15) is 4.79 Å². The Morgan fingerprint density at radius 2 is 2.44 bits per heavy atom. The Morgan fingerprint density at radius 1 is 1.50 bits per heavy atom. The zero-order valence-corrected chi connectivity index (χ0v) is 8.94. The van der Waals surface area contributed by atoms with Crippen molar-refractivity contribution in [2.45, 2.75) is 18.8 Å². The summed E-state index contributed by atoms with van der Waals surface area (Å²) >= 11 is 0. The highest BCUT2D eigenvalue weighted by Crippen LogP contribution is 2.21. The molecule has 16 heavy (non-hydrogen) atoms. The Balaban J connectivity index is 2.06. The Morgan fingerprint density at radius 3 is 3.25 bits per heavy atom. The molecule has 1 unspecified atom stereocenters. The predicted octanol–water partition coefficient (Wildman–Crippen LogP) is 0.490. The fourth-order valence-electron chi connectivity index (χ4n) is 2.30. The summed E-state index contributed by atoms with van der Waals surface area (Å²) in [7, 11) is 0. The first kappa shape index (κ1) is 9.59. The highest BCUT2D eigenvalue weighted by molar-refractivity contribution is 5.46. The summed E-state index contributed by atoms with van der Waals surface area (Å²) < 4.78 is 1.39. The molecule has 2 N–H and O–H groups in total. The van der Waals surface area contributed by atoms with Crippen molar-refractivity contribution in [2.24, 2.45) is 0 Å². The van der Waals surface area contributed by atoms with E-state index in [1.54, 1.807) is 6.20 Å². The van der Waals surface area contributed by atoms with Gasteiger partial charge >= 0.3 is 5.69 Å². The van der Waals surface area contributed by atoms with Crippen molar-refractivity contribution >= 4 is 5.52 Å². The molecule has 84 valence electrons. The molecular formula is C11H14N4O. The van der Waals surface area contributed by atoms with Gasteiger partial charge in [0, 0.05) is 18.2 Å². The second kappa shape index (κ2) is 3.75. The van der Waals surface area contributed by atoms with Gasteiger partial charge in [-0.15, -0.1) is 0 Å². The van der Waals surface area contributed by atoms with Gasteiger partial charge in [0.2, 0.25) is 0 Å². The molecule has 0 radical (unpaired) electrons. The van der Waals surface area contributed by atoms with Gasteiger partial charge in [-0.3, -0.25) is 0 Å². The number of rotatable bonds is 1. The number of piperidine rings is 1. The number of aromatic amines is 1. The highest BCUT2D eigenvalue weighted by atomic mass is 16.1. The van der Waals surface area contributed by atoms with Crippen LogP contribution >= 0.6 is 0 Å². The SMILES string of the molecule is O=c1[nH]c(C2CCCNC2)cc2ccnn12. The molecule has 3 rings (SSSR count). The van der Waals surface area contributed by atoms with Gasteiger partial charge in [0.1, 0.15) is 0 Å². The lowest BCUT2D eigenvalue weighted by atomic mass is 9.96. The molecule has 0 aliphatic carbocycles. The van der Waals surface area contributed by atoms with Gasteiger partial charge in [0.25, 0.3) is 0 Å². The number of hydrogen-bond acceptors (Lipinski definition) is 3. The van der Waals surface area contributed by atoms with Gasteiger partial charge < -0.3 is 10.3 Å². The molecule has 0 bridgehead atoms. The zero-order chi connectivity index (χ0) is 11.0. The van der Waals surface area contributed by atoms with Crippen LogP contribution in [0.25, 0.3) is 5.52 Å². The summed E-state index contributed by atoms with van der Waals surface area (Å²) in [4.78, 5) is 14.6. The van der Waals surface area contributed by atoms with Crippen LogP contribution in [0.4, 0.5) is 0 Å². The zero-order valence-electron chi connectivity index (χ0n) is 8.94. The van der Waals surface area contributed by atoms with Crippen LogP contribution in [-0.4, -0.2) is 27.7 Å². The molecule has 0 amide bonds. The minimum absolute atomic E-state index is 0.150. The minimum Gasteiger partial charge on any atom is -0.316 e. The molecule has 1 fully saturated rings. The second-order valence-corrected chi connectivity index (χ2v) is 4.24. The number of nitrogens with zero attached hydrogens (tertiary/aromatic N) is 2. The number of nitrogens with one attached hydrogen (secondary N) is 2. The molecule has 5 nitrogen and oxygen atoms in total. The first-order chi connectivity index (χ1) is 7.84. The summed E-state index contributed by atoms with van der Waals surface area (Å²) in [5, 5.41) is 7.31. The average molecular weight is 218 g/mol. The van der Waals surface area contributed by atoms with Crippen molar-refractivity contribution in [3.05, 3.63) is 34.5 Å². The molecule has 1 atom stereocenters. The third-order valence-electron chi connectivity index (χ3n) is 3.16. The summed E-state index contributed by atoms with van der Waals surface area (Å²) in [5.74, 6) is 0.418. The van der Waals surface area contributed by atoms with Crippen molar-refractivity contribution in [2.75, 3.05) is 13.1 Å². The van der Waals surface area contributed by atoms with E-state index in [1.807, 2.05) is 12.1 Å². The summed E-state index contributed by atoms with van der Waals surface area (Å²) in [6.45, 7) is 2.02. The van der Waals surface area contributed by atoms with E-state index in [1.165, 1.54) is 4.52 Å².